The maximum atomic E-state index is 8.63. The van der Waals surface area contributed by atoms with Crippen LogP contribution in [0, 0.1) is 11.3 Å². The number of nitrogens with one attached hydrogen (secondary N) is 1. The molecule has 0 radical (unpaired) electrons. The van der Waals surface area contributed by atoms with Crippen molar-refractivity contribution in [3.63, 3.8) is 0 Å². The Hall–Kier alpha value is -0.720. The largest absolute Gasteiger partial charge is 0.305 e. The van der Waals surface area contributed by atoms with Crippen LogP contribution >= 0.6 is 11.8 Å². The number of thioether (sulfide) groups is 1. The topological polar surface area (TPSA) is 35.8 Å². The normalized spacial score (nSPS) is 21.2. The number of hydrogen-bond donors (Lipinski definition) is 1. The van der Waals surface area contributed by atoms with Crippen LogP contribution in [-0.2, 0) is 0 Å². The molecule has 0 aromatic rings. The molecule has 12 heavy (non-hydrogen) atoms. The first-order chi connectivity index (χ1) is 5.86. The minimum Gasteiger partial charge on any atom is -0.305 e. The van der Waals surface area contributed by atoms with E-state index in [0.29, 0.717) is 0 Å². The first kappa shape index (κ1) is 9.37. The summed E-state index contributed by atoms with van der Waals surface area (Å²) in [7, 11) is 1.81. The van der Waals surface area contributed by atoms with Gasteiger partial charge in [-0.25, -0.2) is 0 Å². The Kier molecular flexibility index (Phi) is 3.92. The zero-order valence-corrected chi connectivity index (χ0v) is 7.90. The van der Waals surface area contributed by atoms with Crippen molar-refractivity contribution in [2.24, 2.45) is 0 Å². The fraction of sp³-hybridized carbons (Fsp3) is 0.444. The summed E-state index contributed by atoms with van der Waals surface area (Å²) in [6.07, 6.45) is 5.03. The van der Waals surface area contributed by atoms with Crippen molar-refractivity contribution in [3.05, 3.63) is 23.1 Å². The van der Waals surface area contributed by atoms with E-state index >= 15 is 0 Å². The molecule has 0 bridgehead atoms. The lowest BCUT2D eigenvalue weighted by Gasteiger charge is -2.02. The van der Waals surface area contributed by atoms with E-state index in [4.69, 9.17) is 5.26 Å². The van der Waals surface area contributed by atoms with Gasteiger partial charge in [-0.2, -0.15) is 5.26 Å². The molecule has 1 heterocycles. The van der Waals surface area contributed by atoms with Crippen molar-refractivity contribution in [2.75, 3.05) is 12.8 Å². The molecule has 1 unspecified atom stereocenters. The zero-order valence-electron chi connectivity index (χ0n) is 7.08. The van der Waals surface area contributed by atoms with Gasteiger partial charge in [0.05, 0.1) is 12.1 Å². The second-order valence-corrected chi connectivity index (χ2v) is 3.49. The number of allylic oxidation sites excluding steroid dienone is 1. The van der Waals surface area contributed by atoms with Crippen LogP contribution in [-0.4, -0.2) is 18.8 Å². The maximum Gasteiger partial charge on any atom is 0.0985 e. The van der Waals surface area contributed by atoms with Crippen LogP contribution in [0.15, 0.2) is 23.1 Å². The molecule has 2 nitrogen and oxygen atoms in total. The molecule has 0 aromatic heterocycles. The highest BCUT2D eigenvalue weighted by molar-refractivity contribution is 8.02. The average Bonchev–Trinajstić information content (AvgIpc) is 2.59. The van der Waals surface area contributed by atoms with Crippen molar-refractivity contribution < 1.29 is 0 Å². The average molecular weight is 180 g/mol. The lowest BCUT2D eigenvalue weighted by atomic mass is 10.1. The molecule has 0 amide bonds. The van der Waals surface area contributed by atoms with E-state index in [1.54, 1.807) is 11.8 Å². The maximum absolute atomic E-state index is 8.63. The minimum atomic E-state index is -0.0449. The molecule has 0 saturated carbocycles. The standard InChI is InChI=1S/C9H12N2S/c1-11-9(6-10)3-2-8-4-5-12-7-8/h2,4-5,9,11H,3,7H2,1H3. The Bertz CT molecular complexity index is 237. The van der Waals surface area contributed by atoms with E-state index in [-0.39, 0.29) is 6.04 Å². The first-order valence-corrected chi connectivity index (χ1v) is 4.95. The second-order valence-electron chi connectivity index (χ2n) is 2.60. The van der Waals surface area contributed by atoms with E-state index in [1.165, 1.54) is 5.57 Å². The SMILES string of the molecule is CNC(C#N)CC=C1C=CSC1. The van der Waals surface area contributed by atoms with Crippen molar-refractivity contribution in [1.82, 2.24) is 5.32 Å². The molecule has 3 heteroatoms. The van der Waals surface area contributed by atoms with Gasteiger partial charge in [-0.1, -0.05) is 12.2 Å². The van der Waals surface area contributed by atoms with Gasteiger partial charge >= 0.3 is 0 Å². The highest BCUT2D eigenvalue weighted by Gasteiger charge is 2.03. The predicted octanol–water partition coefficient (Wildman–Crippen LogP) is 1.67. The van der Waals surface area contributed by atoms with Crippen LogP contribution < -0.4 is 5.32 Å². The molecular formula is C9H12N2S. The smallest absolute Gasteiger partial charge is 0.0985 e. The lowest BCUT2D eigenvalue weighted by Crippen LogP contribution is -2.22. The Balaban J connectivity index is 2.37. The molecule has 0 spiro atoms. The van der Waals surface area contributed by atoms with E-state index in [0.717, 1.165) is 12.2 Å². The van der Waals surface area contributed by atoms with Crippen molar-refractivity contribution in [1.29, 1.82) is 5.26 Å². The Morgan fingerprint density at radius 1 is 1.92 bits per heavy atom. The van der Waals surface area contributed by atoms with Gasteiger partial charge in [0.25, 0.3) is 0 Å². The molecule has 0 aliphatic carbocycles. The molecule has 1 rings (SSSR count). The summed E-state index contributed by atoms with van der Waals surface area (Å²) < 4.78 is 0. The van der Waals surface area contributed by atoms with Crippen molar-refractivity contribution in [3.8, 4) is 6.07 Å². The van der Waals surface area contributed by atoms with Gasteiger partial charge in [-0.15, -0.1) is 11.8 Å². The van der Waals surface area contributed by atoms with Gasteiger partial charge in [0.15, 0.2) is 0 Å². The Labute approximate surface area is 77.3 Å². The summed E-state index contributed by atoms with van der Waals surface area (Å²) in [4.78, 5) is 0. The van der Waals surface area contributed by atoms with Gasteiger partial charge < -0.3 is 5.32 Å². The van der Waals surface area contributed by atoms with Crippen LogP contribution in [0.25, 0.3) is 0 Å². The molecule has 1 aliphatic rings. The highest BCUT2D eigenvalue weighted by atomic mass is 32.2. The third kappa shape index (κ3) is 2.72. The van der Waals surface area contributed by atoms with Crippen LogP contribution in [0.2, 0.25) is 0 Å². The van der Waals surface area contributed by atoms with E-state index in [2.05, 4.69) is 28.9 Å². The second kappa shape index (κ2) is 5.02. The fourth-order valence-corrected chi connectivity index (χ4v) is 1.73. The predicted molar refractivity (Wildman–Crippen MR) is 52.8 cm³/mol. The molecule has 0 fully saturated rings. The van der Waals surface area contributed by atoms with Crippen LogP contribution in [0.5, 0.6) is 0 Å². The van der Waals surface area contributed by atoms with Gasteiger partial charge in [0, 0.05) is 5.75 Å². The summed E-state index contributed by atoms with van der Waals surface area (Å²) in [6.45, 7) is 0. The Morgan fingerprint density at radius 2 is 2.75 bits per heavy atom. The molecule has 0 saturated heterocycles. The van der Waals surface area contributed by atoms with Crippen LogP contribution in [0.1, 0.15) is 6.42 Å². The third-order valence-corrected chi connectivity index (χ3v) is 2.58. The van der Waals surface area contributed by atoms with Crippen LogP contribution in [0.3, 0.4) is 0 Å². The minimum absolute atomic E-state index is 0.0449. The van der Waals surface area contributed by atoms with Crippen LogP contribution in [0.4, 0.5) is 0 Å². The summed E-state index contributed by atoms with van der Waals surface area (Å²) >= 11 is 1.80. The summed E-state index contributed by atoms with van der Waals surface area (Å²) in [6, 6.07) is 2.14. The molecule has 1 atom stereocenters. The third-order valence-electron chi connectivity index (χ3n) is 1.75. The summed E-state index contributed by atoms with van der Waals surface area (Å²) in [5.41, 5.74) is 1.33. The van der Waals surface area contributed by atoms with E-state index in [9.17, 15) is 0 Å². The molecular weight excluding hydrogens is 168 g/mol. The number of nitrogens with zero attached hydrogens (tertiary/aromatic N) is 1. The first-order valence-electron chi connectivity index (χ1n) is 3.91. The monoisotopic (exact) mass is 180 g/mol. The van der Waals surface area contributed by atoms with Gasteiger partial charge in [0.1, 0.15) is 0 Å². The van der Waals surface area contributed by atoms with Gasteiger partial charge in [0.2, 0.25) is 0 Å². The lowest BCUT2D eigenvalue weighted by molar-refractivity contribution is 0.687. The number of hydrogen-bond acceptors (Lipinski definition) is 3. The summed E-state index contributed by atoms with van der Waals surface area (Å²) in [5.74, 6) is 1.06. The van der Waals surface area contributed by atoms with Crippen molar-refractivity contribution in [2.45, 2.75) is 12.5 Å². The fourth-order valence-electron chi connectivity index (χ4n) is 0.959. The highest BCUT2D eigenvalue weighted by Crippen LogP contribution is 2.19. The van der Waals surface area contributed by atoms with Gasteiger partial charge in [-0.05, 0) is 24.4 Å². The van der Waals surface area contributed by atoms with E-state index < -0.39 is 0 Å². The summed E-state index contributed by atoms with van der Waals surface area (Å²) in [5, 5.41) is 13.7. The van der Waals surface area contributed by atoms with E-state index in [1.807, 2.05) is 7.05 Å². The zero-order chi connectivity index (χ0) is 8.81. The molecule has 0 aromatic carbocycles. The molecule has 64 valence electrons. The number of rotatable bonds is 3. The van der Waals surface area contributed by atoms with Gasteiger partial charge in [-0.3, -0.25) is 0 Å². The molecule has 1 N–H and O–H groups in total. The molecule has 1 aliphatic heterocycles. The van der Waals surface area contributed by atoms with Crippen molar-refractivity contribution >= 4 is 11.8 Å². The quantitative estimate of drug-likeness (QED) is 0.717. The Morgan fingerprint density at radius 3 is 3.25 bits per heavy atom. The number of nitriles is 1.